The molecule has 1 aromatic heterocycles. The van der Waals surface area contributed by atoms with Gasteiger partial charge < -0.3 is 10.0 Å². The van der Waals surface area contributed by atoms with Crippen LogP contribution in [0.1, 0.15) is 28.9 Å². The fraction of sp³-hybridized carbons (Fsp3) is 0.667. The Kier molecular flexibility index (Phi) is 3.19. The average molecular weight is 237 g/mol. The number of aryl methyl sites for hydroxylation is 2. The van der Waals surface area contributed by atoms with Crippen molar-refractivity contribution in [3.05, 3.63) is 17.5 Å². The number of hydrogen-bond donors (Lipinski definition) is 1. The highest BCUT2D eigenvalue weighted by atomic mass is 16.3. The number of hydrogen-bond acceptors (Lipinski definition) is 3. The summed E-state index contributed by atoms with van der Waals surface area (Å²) >= 11 is 0. The second kappa shape index (κ2) is 4.49. The van der Waals surface area contributed by atoms with E-state index in [-0.39, 0.29) is 12.0 Å². The summed E-state index contributed by atoms with van der Waals surface area (Å²) in [5.74, 6) is 0.452. The van der Waals surface area contributed by atoms with Crippen molar-refractivity contribution < 1.29 is 9.90 Å². The van der Waals surface area contributed by atoms with Crippen molar-refractivity contribution in [3.63, 3.8) is 0 Å². The number of nitrogens with zero attached hydrogens (tertiary/aromatic N) is 3. The second-order valence-electron chi connectivity index (χ2n) is 4.98. The van der Waals surface area contributed by atoms with E-state index in [0.717, 1.165) is 18.5 Å². The molecule has 0 atom stereocenters. The molecule has 94 valence electrons. The third-order valence-corrected chi connectivity index (χ3v) is 3.33. The molecule has 0 aromatic carbocycles. The van der Waals surface area contributed by atoms with Crippen molar-refractivity contribution in [2.24, 2.45) is 13.0 Å². The molecule has 1 amide bonds. The Morgan fingerprint density at radius 2 is 2.29 bits per heavy atom. The molecule has 0 aliphatic heterocycles. The van der Waals surface area contributed by atoms with Crippen LogP contribution >= 0.6 is 0 Å². The molecule has 0 radical (unpaired) electrons. The highest BCUT2D eigenvalue weighted by Gasteiger charge is 2.29. The van der Waals surface area contributed by atoms with Crippen LogP contribution in [0.5, 0.6) is 0 Å². The number of carbonyl (C=O) groups excluding carboxylic acids is 1. The number of aliphatic hydroxyl groups excluding tert-OH is 1. The Hall–Kier alpha value is -1.36. The maximum Gasteiger partial charge on any atom is 0.257 e. The van der Waals surface area contributed by atoms with E-state index in [4.69, 9.17) is 0 Å². The Labute approximate surface area is 101 Å². The smallest absolute Gasteiger partial charge is 0.257 e. The van der Waals surface area contributed by atoms with Crippen molar-refractivity contribution in [1.29, 1.82) is 0 Å². The molecule has 1 heterocycles. The Morgan fingerprint density at radius 3 is 2.76 bits per heavy atom. The quantitative estimate of drug-likeness (QED) is 0.836. The normalized spacial score (nSPS) is 23.3. The van der Waals surface area contributed by atoms with Gasteiger partial charge in [0.05, 0.1) is 17.4 Å². The van der Waals surface area contributed by atoms with Gasteiger partial charge in [0.2, 0.25) is 0 Å². The number of aliphatic hydroxyl groups is 1. The monoisotopic (exact) mass is 237 g/mol. The number of aromatic nitrogens is 2. The lowest BCUT2D eigenvalue weighted by Crippen LogP contribution is -2.39. The molecule has 17 heavy (non-hydrogen) atoms. The van der Waals surface area contributed by atoms with Gasteiger partial charge in [-0.2, -0.15) is 5.10 Å². The first-order valence-electron chi connectivity index (χ1n) is 5.91. The zero-order valence-electron chi connectivity index (χ0n) is 10.6. The van der Waals surface area contributed by atoms with Crippen LogP contribution in [0.2, 0.25) is 0 Å². The molecule has 1 N–H and O–H groups in total. The summed E-state index contributed by atoms with van der Waals surface area (Å²) in [7, 11) is 3.62. The van der Waals surface area contributed by atoms with Crippen molar-refractivity contribution in [1.82, 2.24) is 14.7 Å². The van der Waals surface area contributed by atoms with Gasteiger partial charge >= 0.3 is 0 Å². The first kappa shape index (κ1) is 12.1. The Morgan fingerprint density at radius 1 is 1.65 bits per heavy atom. The molecular formula is C12H19N3O2. The molecule has 1 aliphatic carbocycles. The molecule has 0 unspecified atom stereocenters. The molecule has 1 aromatic rings. The summed E-state index contributed by atoms with van der Waals surface area (Å²) < 4.78 is 1.66. The van der Waals surface area contributed by atoms with Gasteiger partial charge in [-0.1, -0.05) is 0 Å². The van der Waals surface area contributed by atoms with Crippen LogP contribution in [-0.2, 0) is 7.05 Å². The summed E-state index contributed by atoms with van der Waals surface area (Å²) in [5.41, 5.74) is 1.42. The summed E-state index contributed by atoms with van der Waals surface area (Å²) in [6, 6.07) is 0. The van der Waals surface area contributed by atoms with E-state index < -0.39 is 0 Å². The van der Waals surface area contributed by atoms with Gasteiger partial charge in [-0.15, -0.1) is 0 Å². The largest absolute Gasteiger partial charge is 0.393 e. The minimum atomic E-state index is -0.163. The second-order valence-corrected chi connectivity index (χ2v) is 4.98. The van der Waals surface area contributed by atoms with Gasteiger partial charge in [0.1, 0.15) is 0 Å². The van der Waals surface area contributed by atoms with Crippen molar-refractivity contribution in [2.45, 2.75) is 25.9 Å². The van der Waals surface area contributed by atoms with Crippen LogP contribution in [0.15, 0.2) is 6.20 Å². The average Bonchev–Trinajstić information content (AvgIpc) is 2.54. The first-order chi connectivity index (χ1) is 7.97. The predicted octanol–water partition coefficient (Wildman–Crippen LogP) is 0.571. The lowest BCUT2D eigenvalue weighted by atomic mass is 9.82. The maximum absolute atomic E-state index is 12.1. The molecule has 1 aliphatic rings. The number of amides is 1. The zero-order valence-corrected chi connectivity index (χ0v) is 10.6. The molecule has 1 saturated carbocycles. The predicted molar refractivity (Wildman–Crippen MR) is 63.6 cm³/mol. The lowest BCUT2D eigenvalue weighted by Gasteiger charge is -2.34. The van der Waals surface area contributed by atoms with Gasteiger partial charge in [-0.25, -0.2) is 0 Å². The van der Waals surface area contributed by atoms with E-state index in [2.05, 4.69) is 5.10 Å². The van der Waals surface area contributed by atoms with Crippen molar-refractivity contribution in [2.75, 3.05) is 13.6 Å². The molecule has 5 heteroatoms. The van der Waals surface area contributed by atoms with Gasteiger partial charge in [0.15, 0.2) is 0 Å². The third kappa shape index (κ3) is 2.49. The minimum Gasteiger partial charge on any atom is -0.393 e. The summed E-state index contributed by atoms with van der Waals surface area (Å²) in [5, 5.41) is 13.4. The van der Waals surface area contributed by atoms with Crippen LogP contribution in [0.4, 0.5) is 0 Å². The van der Waals surface area contributed by atoms with Crippen LogP contribution in [0.25, 0.3) is 0 Å². The molecule has 0 saturated heterocycles. The van der Waals surface area contributed by atoms with Gasteiger partial charge in [0.25, 0.3) is 5.91 Å². The van der Waals surface area contributed by atoms with E-state index in [1.54, 1.807) is 22.8 Å². The highest BCUT2D eigenvalue weighted by molar-refractivity contribution is 5.94. The molecule has 2 rings (SSSR count). The first-order valence-corrected chi connectivity index (χ1v) is 5.91. The number of carbonyl (C=O) groups is 1. The fourth-order valence-electron chi connectivity index (χ4n) is 2.33. The topological polar surface area (TPSA) is 58.4 Å². The van der Waals surface area contributed by atoms with Gasteiger partial charge in [-0.3, -0.25) is 9.48 Å². The molecule has 1 fully saturated rings. The van der Waals surface area contributed by atoms with E-state index in [0.29, 0.717) is 18.0 Å². The zero-order chi connectivity index (χ0) is 12.6. The minimum absolute atomic E-state index is 0.0111. The van der Waals surface area contributed by atoms with Crippen LogP contribution < -0.4 is 0 Å². The molecular weight excluding hydrogens is 218 g/mol. The van der Waals surface area contributed by atoms with Crippen molar-refractivity contribution in [3.8, 4) is 0 Å². The Balaban J connectivity index is 1.97. The van der Waals surface area contributed by atoms with Gasteiger partial charge in [-0.05, 0) is 25.7 Å². The van der Waals surface area contributed by atoms with Crippen LogP contribution in [0, 0.1) is 12.8 Å². The summed E-state index contributed by atoms with van der Waals surface area (Å²) in [6.45, 7) is 2.55. The van der Waals surface area contributed by atoms with E-state index in [1.807, 2.05) is 14.0 Å². The number of rotatable bonds is 3. The van der Waals surface area contributed by atoms with Crippen molar-refractivity contribution >= 4 is 5.91 Å². The van der Waals surface area contributed by atoms with Crippen LogP contribution in [-0.4, -0.2) is 45.4 Å². The van der Waals surface area contributed by atoms with Gasteiger partial charge in [0, 0.05) is 26.8 Å². The lowest BCUT2D eigenvalue weighted by molar-refractivity contribution is 0.0265. The van der Waals surface area contributed by atoms with E-state index in [9.17, 15) is 9.90 Å². The Bertz CT molecular complexity index is 421. The fourth-order valence-corrected chi connectivity index (χ4v) is 2.33. The standard InChI is InChI=1S/C12H19N3O2/c1-8-11(7-15(3)13-8)12(17)14(2)6-9-4-10(16)5-9/h7,9-10,16H,4-6H2,1-3H3. The maximum atomic E-state index is 12.1. The highest BCUT2D eigenvalue weighted by Crippen LogP contribution is 2.27. The summed E-state index contributed by atoms with van der Waals surface area (Å²) in [4.78, 5) is 13.9. The van der Waals surface area contributed by atoms with Crippen LogP contribution in [0.3, 0.4) is 0 Å². The summed E-state index contributed by atoms with van der Waals surface area (Å²) in [6.07, 6.45) is 3.21. The van der Waals surface area contributed by atoms with E-state index in [1.165, 1.54) is 0 Å². The SMILES string of the molecule is Cc1nn(C)cc1C(=O)N(C)CC1CC(O)C1. The van der Waals surface area contributed by atoms with E-state index >= 15 is 0 Å². The third-order valence-electron chi connectivity index (χ3n) is 3.33. The molecule has 0 spiro atoms. The molecule has 5 nitrogen and oxygen atoms in total. The molecule has 0 bridgehead atoms.